The van der Waals surface area contributed by atoms with Gasteiger partial charge in [0.05, 0.1) is 13.2 Å². The van der Waals surface area contributed by atoms with E-state index in [1.54, 1.807) is 0 Å². The van der Waals surface area contributed by atoms with Crippen LogP contribution in [0.5, 0.6) is 11.5 Å². The first kappa shape index (κ1) is 19.9. The molecular formula is C22H31ClO2. The number of hydrogen-bond donors (Lipinski definition) is 0. The highest BCUT2D eigenvalue weighted by Gasteiger charge is 2.08. The molecule has 2 aromatic carbocycles. The monoisotopic (exact) mass is 362 g/mol. The molecule has 0 amide bonds. The lowest BCUT2D eigenvalue weighted by molar-refractivity contribution is 0.302. The molecule has 3 heteroatoms. The van der Waals surface area contributed by atoms with Crippen LogP contribution in [0.25, 0.3) is 10.8 Å². The van der Waals surface area contributed by atoms with Crippen molar-refractivity contribution < 1.29 is 9.47 Å². The summed E-state index contributed by atoms with van der Waals surface area (Å²) in [7, 11) is 0. The summed E-state index contributed by atoms with van der Waals surface area (Å²) in [5.41, 5.74) is 1.24. The topological polar surface area (TPSA) is 18.5 Å². The fourth-order valence-corrected chi connectivity index (χ4v) is 3.11. The Labute approximate surface area is 157 Å². The fraction of sp³-hybridized carbons (Fsp3) is 0.545. The number of rotatable bonds is 12. The normalized spacial score (nSPS) is 11.0. The van der Waals surface area contributed by atoms with Crippen molar-refractivity contribution in [2.75, 3.05) is 19.1 Å². The van der Waals surface area contributed by atoms with E-state index >= 15 is 0 Å². The molecule has 0 heterocycles. The van der Waals surface area contributed by atoms with Crippen molar-refractivity contribution in [1.29, 1.82) is 0 Å². The van der Waals surface area contributed by atoms with E-state index in [1.165, 1.54) is 31.2 Å². The van der Waals surface area contributed by atoms with Gasteiger partial charge in [-0.15, -0.1) is 11.6 Å². The van der Waals surface area contributed by atoms with Gasteiger partial charge in [0.2, 0.25) is 0 Å². The standard InChI is InChI=1S/C22H31ClO2/c1-3-4-8-15-24-21-12-13-22(25-16-9-6-5-7-14-23)20-17-18(2)10-11-19(20)21/h10-13,17H,3-9,14-16H2,1-2H3. The summed E-state index contributed by atoms with van der Waals surface area (Å²) in [5.74, 6) is 2.67. The third-order valence-electron chi connectivity index (χ3n) is 4.38. The lowest BCUT2D eigenvalue weighted by Crippen LogP contribution is -2.01. The predicted octanol–water partition coefficient (Wildman–Crippen LogP) is 6.90. The average Bonchev–Trinajstić information content (AvgIpc) is 2.62. The maximum Gasteiger partial charge on any atom is 0.127 e. The highest BCUT2D eigenvalue weighted by atomic mass is 35.5. The Kier molecular flexibility index (Phi) is 8.96. The first-order chi connectivity index (χ1) is 12.3. The maximum absolute atomic E-state index is 6.06. The molecule has 0 bridgehead atoms. The number of alkyl halides is 1. The molecule has 0 radical (unpaired) electrons. The van der Waals surface area contributed by atoms with E-state index in [9.17, 15) is 0 Å². The Balaban J connectivity index is 2.03. The fourth-order valence-electron chi connectivity index (χ4n) is 2.93. The number of unbranched alkanes of at least 4 members (excludes halogenated alkanes) is 5. The molecule has 0 aromatic heterocycles. The van der Waals surface area contributed by atoms with E-state index in [1.807, 2.05) is 6.07 Å². The van der Waals surface area contributed by atoms with Gasteiger partial charge in [0.1, 0.15) is 11.5 Å². The van der Waals surface area contributed by atoms with E-state index in [4.69, 9.17) is 21.1 Å². The second kappa shape index (κ2) is 11.3. The molecule has 0 atom stereocenters. The van der Waals surface area contributed by atoms with Gasteiger partial charge >= 0.3 is 0 Å². The van der Waals surface area contributed by atoms with Crippen LogP contribution in [-0.2, 0) is 0 Å². The number of benzene rings is 2. The Bertz CT molecular complexity index is 639. The minimum atomic E-state index is 0.752. The summed E-state index contributed by atoms with van der Waals surface area (Å²) in [6.45, 7) is 5.85. The molecule has 25 heavy (non-hydrogen) atoms. The van der Waals surface area contributed by atoms with E-state index in [0.717, 1.165) is 60.6 Å². The van der Waals surface area contributed by atoms with E-state index in [-0.39, 0.29) is 0 Å². The number of ether oxygens (including phenoxy) is 2. The summed E-state index contributed by atoms with van der Waals surface area (Å²) >= 11 is 5.72. The molecule has 0 spiro atoms. The molecule has 0 aliphatic rings. The van der Waals surface area contributed by atoms with Crippen molar-refractivity contribution in [2.24, 2.45) is 0 Å². The molecular weight excluding hydrogens is 332 g/mol. The van der Waals surface area contributed by atoms with Crippen molar-refractivity contribution in [3.8, 4) is 11.5 Å². The van der Waals surface area contributed by atoms with Gasteiger partial charge < -0.3 is 9.47 Å². The van der Waals surface area contributed by atoms with Gasteiger partial charge in [-0.2, -0.15) is 0 Å². The SMILES string of the molecule is CCCCCOc1ccc(OCCCCCCCl)c2cc(C)ccc12. The maximum atomic E-state index is 6.06. The first-order valence-electron chi connectivity index (χ1n) is 9.61. The van der Waals surface area contributed by atoms with Gasteiger partial charge in [-0.1, -0.05) is 50.3 Å². The first-order valence-corrected chi connectivity index (χ1v) is 10.1. The van der Waals surface area contributed by atoms with Gasteiger partial charge in [-0.05, 0) is 44.4 Å². The molecule has 0 aliphatic carbocycles. The minimum Gasteiger partial charge on any atom is -0.493 e. The van der Waals surface area contributed by atoms with Crippen LogP contribution in [0.2, 0.25) is 0 Å². The summed E-state index contributed by atoms with van der Waals surface area (Å²) in [6, 6.07) is 10.6. The number of halogens is 1. The Hall–Kier alpha value is -1.41. The molecule has 2 rings (SSSR count). The lowest BCUT2D eigenvalue weighted by atomic mass is 10.1. The van der Waals surface area contributed by atoms with E-state index in [2.05, 4.69) is 38.1 Å². The summed E-state index contributed by atoms with van der Waals surface area (Å²) in [4.78, 5) is 0. The molecule has 0 fully saturated rings. The average molecular weight is 363 g/mol. The summed E-state index contributed by atoms with van der Waals surface area (Å²) in [5, 5.41) is 2.29. The van der Waals surface area contributed by atoms with E-state index in [0.29, 0.717) is 0 Å². The van der Waals surface area contributed by atoms with Gasteiger partial charge in [0.15, 0.2) is 0 Å². The zero-order chi connectivity index (χ0) is 17.9. The van der Waals surface area contributed by atoms with Crippen LogP contribution in [0.3, 0.4) is 0 Å². The van der Waals surface area contributed by atoms with Crippen LogP contribution >= 0.6 is 11.6 Å². The Morgan fingerprint density at radius 2 is 1.40 bits per heavy atom. The summed E-state index contributed by atoms with van der Waals surface area (Å²) < 4.78 is 12.1. The number of aryl methyl sites for hydroxylation is 1. The van der Waals surface area contributed by atoms with Crippen molar-refractivity contribution >= 4 is 22.4 Å². The van der Waals surface area contributed by atoms with E-state index < -0.39 is 0 Å². The molecule has 2 aromatic rings. The molecule has 138 valence electrons. The zero-order valence-electron chi connectivity index (χ0n) is 15.7. The van der Waals surface area contributed by atoms with Gasteiger partial charge in [0, 0.05) is 16.7 Å². The lowest BCUT2D eigenvalue weighted by Gasteiger charge is -2.14. The molecule has 0 aliphatic heterocycles. The van der Waals surface area contributed by atoms with Crippen LogP contribution in [-0.4, -0.2) is 19.1 Å². The third-order valence-corrected chi connectivity index (χ3v) is 4.65. The highest BCUT2D eigenvalue weighted by Crippen LogP contribution is 2.34. The quantitative estimate of drug-likeness (QED) is 0.302. The molecule has 2 nitrogen and oxygen atoms in total. The molecule has 0 unspecified atom stereocenters. The Morgan fingerprint density at radius 3 is 2.08 bits per heavy atom. The molecule has 0 saturated carbocycles. The smallest absolute Gasteiger partial charge is 0.127 e. The van der Waals surface area contributed by atoms with Crippen molar-refractivity contribution in [2.45, 2.75) is 58.8 Å². The predicted molar refractivity (Wildman–Crippen MR) is 108 cm³/mol. The second-order valence-corrected chi connectivity index (χ2v) is 7.00. The minimum absolute atomic E-state index is 0.752. The van der Waals surface area contributed by atoms with Crippen LogP contribution < -0.4 is 9.47 Å². The van der Waals surface area contributed by atoms with Gasteiger partial charge in [-0.25, -0.2) is 0 Å². The van der Waals surface area contributed by atoms with Crippen LogP contribution in [0.15, 0.2) is 30.3 Å². The number of hydrogen-bond acceptors (Lipinski definition) is 2. The van der Waals surface area contributed by atoms with Crippen LogP contribution in [0.1, 0.15) is 57.4 Å². The number of fused-ring (bicyclic) bond motifs is 1. The Morgan fingerprint density at radius 1 is 0.760 bits per heavy atom. The highest BCUT2D eigenvalue weighted by molar-refractivity contribution is 6.17. The van der Waals surface area contributed by atoms with Crippen molar-refractivity contribution in [3.05, 3.63) is 35.9 Å². The van der Waals surface area contributed by atoms with Crippen molar-refractivity contribution in [1.82, 2.24) is 0 Å². The van der Waals surface area contributed by atoms with Crippen LogP contribution in [0, 0.1) is 6.92 Å². The molecule has 0 saturated heterocycles. The second-order valence-electron chi connectivity index (χ2n) is 6.62. The van der Waals surface area contributed by atoms with Crippen LogP contribution in [0.4, 0.5) is 0 Å². The third kappa shape index (κ3) is 6.43. The van der Waals surface area contributed by atoms with Gasteiger partial charge in [0.25, 0.3) is 0 Å². The zero-order valence-corrected chi connectivity index (χ0v) is 16.4. The van der Waals surface area contributed by atoms with Gasteiger partial charge in [-0.3, -0.25) is 0 Å². The molecule has 0 N–H and O–H groups in total. The summed E-state index contributed by atoms with van der Waals surface area (Å²) in [6.07, 6.45) is 8.03. The van der Waals surface area contributed by atoms with Crippen molar-refractivity contribution in [3.63, 3.8) is 0 Å². The largest absolute Gasteiger partial charge is 0.493 e.